The monoisotopic (exact) mass is 294 g/mol. The van der Waals surface area contributed by atoms with Gasteiger partial charge in [-0.1, -0.05) is 35.0 Å². The molecule has 0 saturated heterocycles. The average molecular weight is 295 g/mol. The Bertz CT molecular complexity index is 524. The predicted molar refractivity (Wildman–Crippen MR) is 70.6 cm³/mol. The zero-order valence-corrected chi connectivity index (χ0v) is 11.5. The smallest absolute Gasteiger partial charge is 0.117 e. The molecule has 1 unspecified atom stereocenters. The van der Waals surface area contributed by atoms with Gasteiger partial charge in [0.15, 0.2) is 0 Å². The van der Waals surface area contributed by atoms with Gasteiger partial charge in [-0.15, -0.1) is 0 Å². The Morgan fingerprint density at radius 1 is 1.41 bits per heavy atom. The van der Waals surface area contributed by atoms with Gasteiger partial charge in [-0.2, -0.15) is 5.10 Å². The van der Waals surface area contributed by atoms with E-state index in [1.165, 1.54) is 0 Å². The summed E-state index contributed by atoms with van der Waals surface area (Å²) < 4.78 is 2.67. The number of hydrogen-bond acceptors (Lipinski definition) is 2. The molecule has 0 aliphatic rings. The topological polar surface area (TPSA) is 38.1 Å². The van der Waals surface area contributed by atoms with E-state index in [9.17, 15) is 5.11 Å². The van der Waals surface area contributed by atoms with Gasteiger partial charge in [-0.25, -0.2) is 0 Å². The molecule has 90 valence electrons. The van der Waals surface area contributed by atoms with Crippen molar-refractivity contribution in [3.8, 4) is 0 Å². The van der Waals surface area contributed by atoms with Crippen molar-refractivity contribution >= 4 is 15.9 Å². The number of aryl methyl sites for hydroxylation is 1. The van der Waals surface area contributed by atoms with E-state index >= 15 is 0 Å². The molecular formula is C13H15BrN2O. The molecule has 0 fully saturated rings. The lowest BCUT2D eigenvalue weighted by Crippen LogP contribution is -2.25. The average Bonchev–Trinajstić information content (AvgIpc) is 2.75. The molecule has 0 aliphatic carbocycles. The van der Waals surface area contributed by atoms with Crippen LogP contribution in [0.2, 0.25) is 0 Å². The number of hydrogen-bond donors (Lipinski definition) is 1. The summed E-state index contributed by atoms with van der Waals surface area (Å²) in [5, 5.41) is 14.9. The third kappa shape index (κ3) is 2.28. The zero-order chi connectivity index (χ0) is 12.5. The van der Waals surface area contributed by atoms with E-state index in [4.69, 9.17) is 0 Å². The van der Waals surface area contributed by atoms with Crippen LogP contribution in [0.5, 0.6) is 0 Å². The lowest BCUT2D eigenvalue weighted by Gasteiger charge is -2.26. The maximum Gasteiger partial charge on any atom is 0.117 e. The van der Waals surface area contributed by atoms with Crippen molar-refractivity contribution < 1.29 is 5.11 Å². The van der Waals surface area contributed by atoms with Gasteiger partial charge >= 0.3 is 0 Å². The first-order valence-electron chi connectivity index (χ1n) is 5.54. The zero-order valence-electron chi connectivity index (χ0n) is 9.89. The Labute approximate surface area is 109 Å². The summed E-state index contributed by atoms with van der Waals surface area (Å²) in [7, 11) is 1.85. The first-order valence-corrected chi connectivity index (χ1v) is 6.33. The predicted octanol–water partition coefficient (Wildman–Crippen LogP) is 2.83. The summed E-state index contributed by atoms with van der Waals surface area (Å²) in [5.41, 5.74) is 0.723. The lowest BCUT2D eigenvalue weighted by atomic mass is 9.86. The van der Waals surface area contributed by atoms with Crippen LogP contribution in [-0.2, 0) is 12.6 Å². The third-order valence-electron chi connectivity index (χ3n) is 3.00. The minimum absolute atomic E-state index is 0.606. The van der Waals surface area contributed by atoms with Crippen LogP contribution in [0.25, 0.3) is 0 Å². The maximum absolute atomic E-state index is 10.8. The Morgan fingerprint density at radius 2 is 2.18 bits per heavy atom. The summed E-state index contributed by atoms with van der Waals surface area (Å²) in [4.78, 5) is 0. The number of rotatable bonds is 3. The van der Waals surface area contributed by atoms with E-state index in [2.05, 4.69) is 21.0 Å². The molecule has 0 radical (unpaired) electrons. The Kier molecular flexibility index (Phi) is 3.35. The fraction of sp³-hybridized carbons (Fsp3) is 0.308. The molecule has 0 bridgehead atoms. The van der Waals surface area contributed by atoms with Gasteiger partial charge < -0.3 is 5.11 Å². The summed E-state index contributed by atoms with van der Waals surface area (Å²) in [6.45, 7) is 1.97. The largest absolute Gasteiger partial charge is 0.380 e. The van der Waals surface area contributed by atoms with Gasteiger partial charge in [0.05, 0.1) is 6.20 Å². The fourth-order valence-corrected chi connectivity index (χ4v) is 2.35. The lowest BCUT2D eigenvalue weighted by molar-refractivity contribution is 0.0764. The minimum Gasteiger partial charge on any atom is -0.380 e. The van der Waals surface area contributed by atoms with Crippen LogP contribution >= 0.6 is 15.9 Å². The van der Waals surface area contributed by atoms with Crippen molar-refractivity contribution in [3.63, 3.8) is 0 Å². The van der Waals surface area contributed by atoms with E-state index in [-0.39, 0.29) is 0 Å². The van der Waals surface area contributed by atoms with Crippen LogP contribution in [0.4, 0.5) is 0 Å². The van der Waals surface area contributed by atoms with Crippen LogP contribution in [-0.4, -0.2) is 14.9 Å². The Morgan fingerprint density at radius 3 is 2.71 bits per heavy atom. The van der Waals surface area contributed by atoms with Crippen LogP contribution in [0.3, 0.4) is 0 Å². The van der Waals surface area contributed by atoms with Gasteiger partial charge in [0.1, 0.15) is 5.60 Å². The van der Waals surface area contributed by atoms with E-state index in [1.807, 2.05) is 44.4 Å². The normalized spacial score (nSPS) is 14.6. The molecule has 2 rings (SSSR count). The van der Waals surface area contributed by atoms with Crippen molar-refractivity contribution in [3.05, 3.63) is 52.3 Å². The highest BCUT2D eigenvalue weighted by Crippen LogP contribution is 2.33. The van der Waals surface area contributed by atoms with Crippen LogP contribution < -0.4 is 0 Å². The van der Waals surface area contributed by atoms with Crippen molar-refractivity contribution in [1.82, 2.24) is 9.78 Å². The second-order valence-corrected chi connectivity index (χ2v) is 5.04. The van der Waals surface area contributed by atoms with E-state index in [0.29, 0.717) is 6.42 Å². The highest BCUT2D eigenvalue weighted by molar-refractivity contribution is 9.10. The molecule has 2 aromatic rings. The Balaban J connectivity index is 2.51. The van der Waals surface area contributed by atoms with Gasteiger partial charge in [0.25, 0.3) is 0 Å². The summed E-state index contributed by atoms with van der Waals surface area (Å²) >= 11 is 3.43. The molecule has 1 atom stereocenters. The highest BCUT2D eigenvalue weighted by Gasteiger charge is 2.30. The molecule has 1 heterocycles. The number of benzene rings is 1. The molecule has 0 amide bonds. The van der Waals surface area contributed by atoms with Crippen molar-refractivity contribution in [1.29, 1.82) is 0 Å². The molecule has 17 heavy (non-hydrogen) atoms. The third-order valence-corrected chi connectivity index (χ3v) is 3.49. The first kappa shape index (κ1) is 12.3. The van der Waals surface area contributed by atoms with Crippen molar-refractivity contribution in [2.24, 2.45) is 7.05 Å². The summed E-state index contributed by atoms with van der Waals surface area (Å²) in [6, 6.07) is 7.75. The van der Waals surface area contributed by atoms with E-state index in [1.54, 1.807) is 10.9 Å². The molecule has 1 aromatic heterocycles. The van der Waals surface area contributed by atoms with Gasteiger partial charge in [-0.3, -0.25) is 4.68 Å². The van der Waals surface area contributed by atoms with Crippen LogP contribution in [0, 0.1) is 0 Å². The molecule has 0 spiro atoms. The molecule has 1 aromatic carbocycles. The summed E-state index contributed by atoms with van der Waals surface area (Å²) in [6.07, 6.45) is 4.17. The molecule has 4 heteroatoms. The molecular weight excluding hydrogens is 280 g/mol. The first-order chi connectivity index (χ1) is 8.06. The molecule has 1 N–H and O–H groups in total. The maximum atomic E-state index is 10.8. The number of nitrogens with zero attached hydrogens (tertiary/aromatic N) is 2. The van der Waals surface area contributed by atoms with Gasteiger partial charge in [0, 0.05) is 23.3 Å². The minimum atomic E-state index is -0.974. The van der Waals surface area contributed by atoms with Crippen molar-refractivity contribution in [2.75, 3.05) is 0 Å². The van der Waals surface area contributed by atoms with Gasteiger partial charge in [0.2, 0.25) is 0 Å². The number of aliphatic hydroxyl groups is 1. The van der Waals surface area contributed by atoms with Crippen LogP contribution in [0.15, 0.2) is 41.1 Å². The van der Waals surface area contributed by atoms with E-state index in [0.717, 1.165) is 15.6 Å². The number of halogens is 1. The SMILES string of the molecule is CCC(O)(c1cccc(Br)c1)c1cnn(C)c1. The quantitative estimate of drug-likeness (QED) is 0.945. The second-order valence-electron chi connectivity index (χ2n) is 4.13. The van der Waals surface area contributed by atoms with E-state index < -0.39 is 5.60 Å². The fourth-order valence-electron chi connectivity index (χ4n) is 1.96. The standard InChI is InChI=1S/C13H15BrN2O/c1-3-13(17,11-8-15-16(2)9-11)10-5-4-6-12(14)7-10/h4-9,17H,3H2,1-2H3. The highest BCUT2D eigenvalue weighted by atomic mass is 79.9. The van der Waals surface area contributed by atoms with Crippen LogP contribution in [0.1, 0.15) is 24.5 Å². The molecule has 3 nitrogen and oxygen atoms in total. The van der Waals surface area contributed by atoms with Gasteiger partial charge in [-0.05, 0) is 24.1 Å². The second kappa shape index (κ2) is 4.63. The molecule has 0 saturated carbocycles. The Hall–Kier alpha value is -1.13. The van der Waals surface area contributed by atoms with Crippen molar-refractivity contribution in [2.45, 2.75) is 18.9 Å². The number of aromatic nitrogens is 2. The summed E-state index contributed by atoms with van der Waals surface area (Å²) in [5.74, 6) is 0. The molecule has 0 aliphatic heterocycles.